The van der Waals surface area contributed by atoms with Crippen molar-refractivity contribution in [3.8, 4) is 0 Å². The van der Waals surface area contributed by atoms with Crippen LogP contribution in [0.1, 0.15) is 24.8 Å². The van der Waals surface area contributed by atoms with Crippen LogP contribution in [0.3, 0.4) is 0 Å². The summed E-state index contributed by atoms with van der Waals surface area (Å²) < 4.78 is 32.0. The molecule has 3 rings (SSSR count). The quantitative estimate of drug-likeness (QED) is 0.890. The van der Waals surface area contributed by atoms with E-state index in [0.29, 0.717) is 5.89 Å². The first-order valence-corrected chi connectivity index (χ1v) is 8.26. The second-order valence-corrected chi connectivity index (χ2v) is 6.69. The van der Waals surface area contributed by atoms with E-state index in [1.165, 1.54) is 12.1 Å². The smallest absolute Gasteiger partial charge is 0.329 e. The average molecular weight is 329 g/mol. The molecule has 2 heterocycles. The summed E-state index contributed by atoms with van der Waals surface area (Å²) in [5.41, 5.74) is 0. The van der Waals surface area contributed by atoms with Crippen molar-refractivity contribution in [3.05, 3.63) is 35.2 Å². The van der Waals surface area contributed by atoms with Crippen molar-refractivity contribution in [2.24, 2.45) is 0 Å². The number of halogens is 1. The molecule has 112 valence electrons. The van der Waals surface area contributed by atoms with E-state index in [9.17, 15) is 8.42 Å². The fourth-order valence-corrected chi connectivity index (χ4v) is 3.59. The lowest BCUT2D eigenvalue weighted by atomic mass is 10.2. The minimum absolute atomic E-state index is 0.0175. The summed E-state index contributed by atoms with van der Waals surface area (Å²) in [5, 5.41) is 10.9. The van der Waals surface area contributed by atoms with Gasteiger partial charge in [-0.2, -0.15) is 0 Å². The van der Waals surface area contributed by atoms with Crippen molar-refractivity contribution >= 4 is 27.6 Å². The maximum absolute atomic E-state index is 12.2. The van der Waals surface area contributed by atoms with Gasteiger partial charge in [-0.25, -0.2) is 13.1 Å². The highest BCUT2D eigenvalue weighted by atomic mass is 35.5. The lowest BCUT2D eigenvalue weighted by Crippen LogP contribution is -2.14. The van der Waals surface area contributed by atoms with Crippen LogP contribution in [0.5, 0.6) is 0 Å². The topological polar surface area (TPSA) is 97.1 Å². The highest BCUT2D eigenvalue weighted by Gasteiger charge is 2.24. The molecule has 2 N–H and O–H groups in total. The molecule has 0 spiro atoms. The Morgan fingerprint density at radius 2 is 2.14 bits per heavy atom. The second-order valence-electron chi connectivity index (χ2n) is 4.63. The maximum atomic E-state index is 12.2. The van der Waals surface area contributed by atoms with Gasteiger partial charge in [0, 0.05) is 0 Å². The zero-order valence-electron chi connectivity index (χ0n) is 10.9. The number of rotatable bonds is 4. The van der Waals surface area contributed by atoms with Crippen LogP contribution >= 0.6 is 11.6 Å². The van der Waals surface area contributed by atoms with E-state index in [4.69, 9.17) is 16.0 Å². The molecule has 0 aliphatic carbocycles. The van der Waals surface area contributed by atoms with E-state index in [2.05, 4.69) is 20.2 Å². The van der Waals surface area contributed by atoms with Crippen molar-refractivity contribution < 1.29 is 12.8 Å². The van der Waals surface area contributed by atoms with Gasteiger partial charge in [-0.05, 0) is 31.5 Å². The summed E-state index contributed by atoms with van der Waals surface area (Å²) in [7, 11) is -3.85. The highest BCUT2D eigenvalue weighted by Crippen LogP contribution is 2.25. The van der Waals surface area contributed by atoms with Crippen LogP contribution in [-0.2, 0) is 10.0 Å². The molecule has 0 radical (unpaired) electrons. The fourth-order valence-electron chi connectivity index (χ4n) is 2.14. The number of anilines is 1. The van der Waals surface area contributed by atoms with Gasteiger partial charge in [0.1, 0.15) is 4.90 Å². The van der Waals surface area contributed by atoms with Gasteiger partial charge in [0.25, 0.3) is 10.0 Å². The molecule has 21 heavy (non-hydrogen) atoms. The maximum Gasteiger partial charge on any atom is 0.329 e. The molecular formula is C12H13ClN4O3S. The summed E-state index contributed by atoms with van der Waals surface area (Å²) in [4.78, 5) is -0.0367. The van der Waals surface area contributed by atoms with Crippen molar-refractivity contribution in [2.45, 2.75) is 23.8 Å². The lowest BCUT2D eigenvalue weighted by Gasteiger charge is -2.06. The van der Waals surface area contributed by atoms with E-state index in [1.807, 2.05) is 0 Å². The summed E-state index contributed by atoms with van der Waals surface area (Å²) in [6.45, 7) is 0.883. The normalized spacial score (nSPS) is 18.8. The molecule has 1 aliphatic rings. The Bertz CT molecular complexity index is 740. The average Bonchev–Trinajstić information content (AvgIpc) is 3.09. The first-order chi connectivity index (χ1) is 10.1. The molecule has 9 heteroatoms. The van der Waals surface area contributed by atoms with Crippen molar-refractivity contribution in [1.29, 1.82) is 0 Å². The zero-order chi connectivity index (χ0) is 14.9. The summed E-state index contributed by atoms with van der Waals surface area (Å²) >= 11 is 5.89. The molecule has 2 aromatic rings. The van der Waals surface area contributed by atoms with Gasteiger partial charge in [-0.1, -0.05) is 28.8 Å². The number of nitrogens with one attached hydrogen (secondary N) is 2. The van der Waals surface area contributed by atoms with Gasteiger partial charge in [0.2, 0.25) is 5.89 Å². The third kappa shape index (κ3) is 3.02. The third-order valence-electron chi connectivity index (χ3n) is 3.15. The number of aromatic nitrogens is 2. The van der Waals surface area contributed by atoms with Crippen LogP contribution in [0.2, 0.25) is 5.02 Å². The molecule has 0 saturated carbocycles. The molecule has 1 unspecified atom stereocenters. The van der Waals surface area contributed by atoms with Crippen molar-refractivity contribution in [2.75, 3.05) is 11.3 Å². The molecule has 0 amide bonds. The zero-order valence-corrected chi connectivity index (χ0v) is 12.5. The molecule has 1 fully saturated rings. The lowest BCUT2D eigenvalue weighted by molar-refractivity contribution is 0.439. The van der Waals surface area contributed by atoms with Crippen molar-refractivity contribution in [1.82, 2.24) is 15.5 Å². The fraction of sp³-hybridized carbons (Fsp3) is 0.333. The Labute approximate surface area is 126 Å². The van der Waals surface area contributed by atoms with Gasteiger partial charge in [-0.3, -0.25) is 0 Å². The van der Waals surface area contributed by atoms with Crippen LogP contribution in [0, 0.1) is 0 Å². The highest BCUT2D eigenvalue weighted by molar-refractivity contribution is 7.92. The summed E-state index contributed by atoms with van der Waals surface area (Å²) in [5.74, 6) is 0.379. The predicted molar refractivity (Wildman–Crippen MR) is 76.5 cm³/mol. The van der Waals surface area contributed by atoms with Gasteiger partial charge >= 0.3 is 6.01 Å². The molecule has 1 aromatic heterocycles. The minimum atomic E-state index is -3.85. The van der Waals surface area contributed by atoms with Crippen LogP contribution in [0.4, 0.5) is 6.01 Å². The third-order valence-corrected chi connectivity index (χ3v) is 4.97. The Hall–Kier alpha value is -1.64. The molecule has 1 aliphatic heterocycles. The first-order valence-electron chi connectivity index (χ1n) is 6.40. The van der Waals surface area contributed by atoms with Crippen LogP contribution in [0.15, 0.2) is 33.6 Å². The van der Waals surface area contributed by atoms with E-state index in [-0.39, 0.29) is 22.0 Å². The minimum Gasteiger partial charge on any atom is -0.406 e. The Morgan fingerprint density at radius 1 is 1.33 bits per heavy atom. The summed E-state index contributed by atoms with van der Waals surface area (Å²) in [6, 6.07) is 5.95. The molecule has 1 atom stereocenters. The first kappa shape index (κ1) is 14.3. The predicted octanol–water partition coefficient (Wildman–Crippen LogP) is 1.95. The van der Waals surface area contributed by atoms with E-state index < -0.39 is 10.0 Å². The van der Waals surface area contributed by atoms with Gasteiger partial charge in [0.05, 0.1) is 11.1 Å². The number of nitrogens with zero attached hydrogens (tertiary/aromatic N) is 2. The van der Waals surface area contributed by atoms with Crippen LogP contribution in [-0.4, -0.2) is 25.2 Å². The van der Waals surface area contributed by atoms with Gasteiger partial charge < -0.3 is 9.73 Å². The number of hydrogen-bond acceptors (Lipinski definition) is 6. The van der Waals surface area contributed by atoms with Crippen molar-refractivity contribution in [3.63, 3.8) is 0 Å². The summed E-state index contributed by atoms with van der Waals surface area (Å²) in [6.07, 6.45) is 1.91. The van der Waals surface area contributed by atoms with E-state index in [1.54, 1.807) is 12.1 Å². The number of benzene rings is 1. The Morgan fingerprint density at radius 3 is 2.86 bits per heavy atom. The second kappa shape index (κ2) is 5.63. The van der Waals surface area contributed by atoms with E-state index in [0.717, 1.165) is 19.4 Å². The van der Waals surface area contributed by atoms with E-state index >= 15 is 0 Å². The van der Waals surface area contributed by atoms with Gasteiger partial charge in [0.15, 0.2) is 0 Å². The molecule has 1 saturated heterocycles. The number of hydrogen-bond donors (Lipinski definition) is 2. The monoisotopic (exact) mass is 328 g/mol. The van der Waals surface area contributed by atoms with Crippen LogP contribution in [0.25, 0.3) is 0 Å². The molecule has 0 bridgehead atoms. The largest absolute Gasteiger partial charge is 0.406 e. The van der Waals surface area contributed by atoms with Crippen LogP contribution < -0.4 is 10.0 Å². The molecular weight excluding hydrogens is 316 g/mol. The molecule has 1 aromatic carbocycles. The Balaban J connectivity index is 1.81. The van der Waals surface area contributed by atoms with Gasteiger partial charge in [-0.15, -0.1) is 5.10 Å². The number of sulfonamides is 1. The Kier molecular flexibility index (Phi) is 3.83. The standard InChI is InChI=1S/C12H13ClN4O3S/c13-8-4-1-2-6-10(8)21(18,19)17-12-16-15-11(20-12)9-5-3-7-14-9/h1-2,4,6,9,14H,3,5,7H2,(H,16,17). The SMILES string of the molecule is O=S(=O)(Nc1nnc(C2CCCN2)o1)c1ccccc1Cl. The molecule has 7 nitrogen and oxygen atoms in total.